The Morgan fingerprint density at radius 1 is 1.21 bits per heavy atom. The van der Waals surface area contributed by atoms with Gasteiger partial charge in [-0.25, -0.2) is 9.97 Å². The fraction of sp³-hybridized carbons (Fsp3) is 0.450. The lowest BCUT2D eigenvalue weighted by atomic mass is 9.91. The Kier molecular flexibility index (Phi) is 5.37. The molecule has 0 unspecified atom stereocenters. The van der Waals surface area contributed by atoms with Crippen LogP contribution in [-0.2, 0) is 0 Å². The summed E-state index contributed by atoms with van der Waals surface area (Å²) in [6.07, 6.45) is 13.3. The van der Waals surface area contributed by atoms with E-state index in [9.17, 15) is 4.79 Å². The molecule has 0 saturated heterocycles. The van der Waals surface area contributed by atoms with Gasteiger partial charge in [-0.15, -0.1) is 0 Å². The minimum atomic E-state index is -0.525. The van der Waals surface area contributed by atoms with Gasteiger partial charge in [0.2, 0.25) is 0 Å². The average Bonchev–Trinajstić information content (AvgIpc) is 3.15. The van der Waals surface area contributed by atoms with Crippen LogP contribution in [-0.4, -0.2) is 39.4 Å². The first-order valence-corrected chi connectivity index (χ1v) is 10.1. The first kappa shape index (κ1) is 19.0. The van der Waals surface area contributed by atoms with Crippen molar-refractivity contribution in [1.82, 2.24) is 19.7 Å². The molecule has 8 heteroatoms. The van der Waals surface area contributed by atoms with Gasteiger partial charge in [-0.1, -0.05) is 17.7 Å². The normalized spacial score (nSPS) is 22.6. The summed E-state index contributed by atoms with van der Waals surface area (Å²) in [5.74, 6) is 0.164. The van der Waals surface area contributed by atoms with Crippen molar-refractivity contribution in [2.45, 2.75) is 50.6 Å². The lowest BCUT2D eigenvalue weighted by Crippen LogP contribution is -2.35. The van der Waals surface area contributed by atoms with E-state index in [0.717, 1.165) is 54.8 Å². The molecule has 0 radical (unpaired) electrons. The predicted octanol–water partition coefficient (Wildman–Crippen LogP) is 3.07. The van der Waals surface area contributed by atoms with Crippen LogP contribution < -0.4 is 16.4 Å². The summed E-state index contributed by atoms with van der Waals surface area (Å²) in [4.78, 5) is 21.1. The van der Waals surface area contributed by atoms with Gasteiger partial charge >= 0.3 is 0 Å². The van der Waals surface area contributed by atoms with Crippen molar-refractivity contribution in [3.05, 3.63) is 41.0 Å². The third-order valence-electron chi connectivity index (χ3n) is 5.65. The van der Waals surface area contributed by atoms with Gasteiger partial charge in [-0.2, -0.15) is 0 Å². The Balaban J connectivity index is 1.67. The highest BCUT2D eigenvalue weighted by Crippen LogP contribution is 2.30. The zero-order valence-corrected chi connectivity index (χ0v) is 16.7. The molecule has 2 aromatic heterocycles. The highest BCUT2D eigenvalue weighted by Gasteiger charge is 2.23. The monoisotopic (exact) mass is 400 g/mol. The molecule has 0 atom stereocenters. The van der Waals surface area contributed by atoms with Crippen molar-refractivity contribution >= 4 is 34.5 Å². The molecule has 2 heterocycles. The Hall–Kier alpha value is -2.38. The molecule has 0 aromatic carbocycles. The highest BCUT2D eigenvalue weighted by atomic mass is 35.5. The van der Waals surface area contributed by atoms with Crippen molar-refractivity contribution in [2.75, 3.05) is 12.4 Å². The van der Waals surface area contributed by atoms with Crippen molar-refractivity contribution in [3.63, 3.8) is 0 Å². The summed E-state index contributed by atoms with van der Waals surface area (Å²) in [5.41, 5.74) is 8.41. The van der Waals surface area contributed by atoms with Crippen LogP contribution in [0.2, 0.25) is 0 Å². The van der Waals surface area contributed by atoms with Crippen LogP contribution in [0, 0.1) is 0 Å². The van der Waals surface area contributed by atoms with Gasteiger partial charge < -0.3 is 16.4 Å². The van der Waals surface area contributed by atoms with Gasteiger partial charge in [-0.3, -0.25) is 9.20 Å². The number of primary amides is 1. The summed E-state index contributed by atoms with van der Waals surface area (Å²) >= 11 is 6.07. The van der Waals surface area contributed by atoms with E-state index in [4.69, 9.17) is 22.3 Å². The number of carbonyl (C=O) groups excluding carboxylic acids is 1. The standard InChI is InChI=1S/C20H25ClN6O/c1-23-14-6-8-15(9-7-14)25-19-20-26-16(12-2-4-13(21)5-3-12)11-27(20)17(10-24-19)18(22)28/h2,4,10-11,14-15,23H,3,5-9H2,1H3,(H2,22,28)(H,24,25). The molecule has 2 aliphatic carbocycles. The number of halogens is 1. The van der Waals surface area contributed by atoms with Crippen molar-refractivity contribution < 1.29 is 4.79 Å². The number of amides is 1. The van der Waals surface area contributed by atoms with Crippen LogP contribution in [0.25, 0.3) is 11.2 Å². The van der Waals surface area contributed by atoms with Crippen LogP contribution >= 0.6 is 11.6 Å². The molecule has 7 nitrogen and oxygen atoms in total. The van der Waals surface area contributed by atoms with E-state index < -0.39 is 5.91 Å². The fourth-order valence-electron chi connectivity index (χ4n) is 3.96. The summed E-state index contributed by atoms with van der Waals surface area (Å²) in [5, 5.41) is 7.72. The second kappa shape index (κ2) is 7.93. The number of imidazole rings is 1. The van der Waals surface area contributed by atoms with Crippen LogP contribution in [0.1, 0.15) is 54.7 Å². The fourth-order valence-corrected chi connectivity index (χ4v) is 4.12. The number of carbonyl (C=O) groups is 1. The molecule has 0 bridgehead atoms. The lowest BCUT2D eigenvalue weighted by Gasteiger charge is -2.29. The van der Waals surface area contributed by atoms with Crippen LogP contribution in [0.5, 0.6) is 0 Å². The summed E-state index contributed by atoms with van der Waals surface area (Å²) < 4.78 is 1.74. The number of nitrogens with two attached hydrogens (primary N) is 1. The van der Waals surface area contributed by atoms with Crippen LogP contribution in [0.4, 0.5) is 5.82 Å². The minimum Gasteiger partial charge on any atom is -0.364 e. The predicted molar refractivity (Wildman–Crippen MR) is 111 cm³/mol. The molecule has 0 aliphatic heterocycles. The molecule has 0 spiro atoms. The molecule has 28 heavy (non-hydrogen) atoms. The van der Waals surface area contributed by atoms with Gasteiger partial charge in [0, 0.05) is 23.3 Å². The Labute approximate surface area is 169 Å². The Morgan fingerprint density at radius 2 is 1.96 bits per heavy atom. The molecule has 4 N–H and O–H groups in total. The van der Waals surface area contributed by atoms with Crippen LogP contribution in [0.15, 0.2) is 29.6 Å². The number of anilines is 1. The molecule has 1 fully saturated rings. The molecule has 1 amide bonds. The van der Waals surface area contributed by atoms with E-state index >= 15 is 0 Å². The second-order valence-electron chi connectivity index (χ2n) is 7.46. The largest absolute Gasteiger partial charge is 0.364 e. The SMILES string of the molecule is CNC1CCC(Nc2ncc(C(N)=O)n3cc(C4=CC=C(Cl)CC4)nc23)CC1. The van der Waals surface area contributed by atoms with Gasteiger partial charge in [0.25, 0.3) is 5.91 Å². The summed E-state index contributed by atoms with van der Waals surface area (Å²) in [6, 6.07) is 0.926. The molecule has 1 saturated carbocycles. The van der Waals surface area contributed by atoms with Gasteiger partial charge in [0.1, 0.15) is 5.69 Å². The summed E-state index contributed by atoms with van der Waals surface area (Å²) in [6.45, 7) is 0. The zero-order valence-electron chi connectivity index (χ0n) is 15.9. The first-order chi connectivity index (χ1) is 13.5. The number of hydrogen-bond acceptors (Lipinski definition) is 5. The maximum Gasteiger partial charge on any atom is 0.267 e. The van der Waals surface area contributed by atoms with Crippen molar-refractivity contribution in [3.8, 4) is 0 Å². The molecule has 4 rings (SSSR count). The average molecular weight is 401 g/mol. The number of rotatable bonds is 5. The maximum atomic E-state index is 11.9. The smallest absolute Gasteiger partial charge is 0.267 e. The quantitative estimate of drug-likeness (QED) is 0.716. The van der Waals surface area contributed by atoms with E-state index in [1.807, 2.05) is 25.4 Å². The zero-order chi connectivity index (χ0) is 19.7. The number of fused-ring (bicyclic) bond motifs is 1. The van der Waals surface area contributed by atoms with Crippen molar-refractivity contribution in [1.29, 1.82) is 0 Å². The molecule has 148 valence electrons. The number of nitrogens with one attached hydrogen (secondary N) is 2. The molecular weight excluding hydrogens is 376 g/mol. The van der Waals surface area contributed by atoms with Gasteiger partial charge in [-0.05, 0) is 57.2 Å². The van der Waals surface area contributed by atoms with E-state index in [0.29, 0.717) is 29.2 Å². The van der Waals surface area contributed by atoms with Gasteiger partial charge in [0.15, 0.2) is 11.5 Å². The lowest BCUT2D eigenvalue weighted by molar-refractivity contribution is 0.0994. The second-order valence-corrected chi connectivity index (χ2v) is 7.95. The first-order valence-electron chi connectivity index (χ1n) is 9.72. The Bertz CT molecular complexity index is 955. The third-order valence-corrected chi connectivity index (χ3v) is 5.96. The summed E-state index contributed by atoms with van der Waals surface area (Å²) in [7, 11) is 2.01. The van der Waals surface area contributed by atoms with Gasteiger partial charge in [0.05, 0.1) is 11.9 Å². The topological polar surface area (TPSA) is 97.3 Å². The molecule has 2 aliphatic rings. The van der Waals surface area contributed by atoms with E-state index in [-0.39, 0.29) is 0 Å². The van der Waals surface area contributed by atoms with E-state index in [1.165, 1.54) is 6.20 Å². The third kappa shape index (κ3) is 3.77. The van der Waals surface area contributed by atoms with Crippen LogP contribution in [0.3, 0.4) is 0 Å². The van der Waals surface area contributed by atoms with Crippen molar-refractivity contribution in [2.24, 2.45) is 5.73 Å². The number of aromatic nitrogens is 3. The number of allylic oxidation sites excluding steroid dienone is 4. The number of nitrogens with zero attached hydrogens (tertiary/aromatic N) is 3. The van der Waals surface area contributed by atoms with E-state index in [1.54, 1.807) is 4.40 Å². The van der Waals surface area contributed by atoms with E-state index in [2.05, 4.69) is 15.6 Å². The minimum absolute atomic E-state index is 0.322. The molecular formula is C20H25ClN6O. The Morgan fingerprint density at radius 3 is 2.61 bits per heavy atom. The maximum absolute atomic E-state index is 11.9. The molecule has 2 aromatic rings. The number of hydrogen-bond donors (Lipinski definition) is 3. The highest BCUT2D eigenvalue weighted by molar-refractivity contribution is 6.29.